The van der Waals surface area contributed by atoms with Crippen LogP contribution >= 0.6 is 0 Å². The maximum atomic E-state index is 12.0. The van der Waals surface area contributed by atoms with Crippen LogP contribution in [0.5, 0.6) is 0 Å². The summed E-state index contributed by atoms with van der Waals surface area (Å²) in [5, 5.41) is 42.8. The number of hydrogen-bond donors (Lipinski definition) is 5. The Morgan fingerprint density at radius 2 is 1.59 bits per heavy atom. The van der Waals surface area contributed by atoms with Crippen LogP contribution in [-0.4, -0.2) is 64.4 Å². The molecular weight excluding hydrogens is 434 g/mol. The van der Waals surface area contributed by atoms with Crippen LogP contribution in [0.1, 0.15) is 27.6 Å². The predicted molar refractivity (Wildman–Crippen MR) is 128 cm³/mol. The lowest BCUT2D eigenvalue weighted by Crippen LogP contribution is -2.55. The van der Waals surface area contributed by atoms with Crippen molar-refractivity contribution in [2.45, 2.75) is 37.4 Å². The minimum absolute atomic E-state index is 0.139. The summed E-state index contributed by atoms with van der Waals surface area (Å²) in [5.74, 6) is -0.139. The number of aliphatic hydroxyl groups is 4. The van der Waals surface area contributed by atoms with Crippen LogP contribution in [0.25, 0.3) is 22.3 Å². The van der Waals surface area contributed by atoms with Gasteiger partial charge in [0.2, 0.25) is 0 Å². The average Bonchev–Trinajstić information content (AvgIpc) is 2.87. The molecule has 3 aromatic carbocycles. The van der Waals surface area contributed by atoms with Gasteiger partial charge in [-0.15, -0.1) is 0 Å². The van der Waals surface area contributed by atoms with Crippen molar-refractivity contribution < 1.29 is 30.0 Å². The summed E-state index contributed by atoms with van der Waals surface area (Å²) in [7, 11) is 1.60. The molecule has 7 nitrogen and oxygen atoms in total. The lowest BCUT2D eigenvalue weighted by atomic mass is 9.89. The molecule has 1 amide bonds. The van der Waals surface area contributed by atoms with E-state index < -0.39 is 37.1 Å². The van der Waals surface area contributed by atoms with Gasteiger partial charge in [-0.05, 0) is 58.5 Å². The van der Waals surface area contributed by atoms with Crippen molar-refractivity contribution in [2.24, 2.45) is 0 Å². The van der Waals surface area contributed by atoms with Gasteiger partial charge in [0.25, 0.3) is 5.91 Å². The normalized spacial score (nSPS) is 24.6. The Morgan fingerprint density at radius 3 is 2.29 bits per heavy atom. The van der Waals surface area contributed by atoms with Crippen LogP contribution in [-0.2, 0) is 4.74 Å². The smallest absolute Gasteiger partial charge is 0.251 e. The second-order valence-electron chi connectivity index (χ2n) is 8.56. The van der Waals surface area contributed by atoms with Gasteiger partial charge in [-0.25, -0.2) is 0 Å². The minimum Gasteiger partial charge on any atom is -0.394 e. The van der Waals surface area contributed by atoms with Crippen molar-refractivity contribution in [2.75, 3.05) is 13.7 Å². The molecule has 1 heterocycles. The number of aliphatic hydroxyl groups excluding tert-OH is 4. The van der Waals surface area contributed by atoms with Gasteiger partial charge in [0.15, 0.2) is 0 Å². The van der Waals surface area contributed by atoms with Crippen molar-refractivity contribution in [3.8, 4) is 22.3 Å². The first kappa shape index (κ1) is 24.1. The van der Waals surface area contributed by atoms with Gasteiger partial charge in [-0.2, -0.15) is 0 Å². The van der Waals surface area contributed by atoms with Gasteiger partial charge in [0.1, 0.15) is 30.5 Å². The predicted octanol–water partition coefficient (Wildman–Crippen LogP) is 2.20. The third-order valence-electron chi connectivity index (χ3n) is 6.33. The van der Waals surface area contributed by atoms with Crippen LogP contribution < -0.4 is 5.32 Å². The molecule has 0 saturated carbocycles. The number of rotatable bonds is 5. The standard InChI is InChI=1S/C27H29NO6/c1-15-11-17(16-5-3-8-20(12-16)27(33)28-2)9-10-21(15)18-6-4-7-19(13-18)26-25(32)24(31)23(30)22(14-29)34-26/h3-13,22-26,29-32H,14H2,1-2H3,(H,28,33). The molecule has 0 spiro atoms. The van der Waals surface area contributed by atoms with Gasteiger partial charge in [0.05, 0.1) is 6.61 Å². The highest BCUT2D eigenvalue weighted by Gasteiger charge is 2.43. The largest absolute Gasteiger partial charge is 0.394 e. The van der Waals surface area contributed by atoms with E-state index >= 15 is 0 Å². The van der Waals surface area contributed by atoms with Crippen LogP contribution in [0.2, 0.25) is 0 Å². The van der Waals surface area contributed by atoms with Gasteiger partial charge < -0.3 is 30.5 Å². The van der Waals surface area contributed by atoms with E-state index in [1.54, 1.807) is 19.2 Å². The van der Waals surface area contributed by atoms with Crippen LogP contribution in [0.3, 0.4) is 0 Å². The molecule has 1 saturated heterocycles. The molecule has 1 aliphatic heterocycles. The third kappa shape index (κ3) is 4.61. The SMILES string of the molecule is CNC(=O)c1cccc(-c2ccc(-c3cccc(C4OC(CO)C(O)C(O)C4O)c3)c(C)c2)c1. The molecule has 7 heteroatoms. The van der Waals surface area contributed by atoms with E-state index in [1.807, 2.05) is 55.5 Å². The zero-order valence-corrected chi connectivity index (χ0v) is 19.1. The maximum absolute atomic E-state index is 12.0. The Morgan fingerprint density at radius 1 is 0.882 bits per heavy atom. The molecule has 5 unspecified atom stereocenters. The van der Waals surface area contributed by atoms with Crippen molar-refractivity contribution in [1.29, 1.82) is 0 Å². The number of nitrogens with one attached hydrogen (secondary N) is 1. The molecule has 3 aromatic rings. The second-order valence-corrected chi connectivity index (χ2v) is 8.56. The molecule has 0 bridgehead atoms. The second kappa shape index (κ2) is 10.0. The first-order valence-electron chi connectivity index (χ1n) is 11.2. The fourth-order valence-electron chi connectivity index (χ4n) is 4.41. The molecule has 0 aliphatic carbocycles. The molecule has 4 rings (SSSR count). The highest BCUT2D eigenvalue weighted by Crippen LogP contribution is 2.35. The van der Waals surface area contributed by atoms with Crippen molar-refractivity contribution in [3.63, 3.8) is 0 Å². The highest BCUT2D eigenvalue weighted by molar-refractivity contribution is 5.95. The molecular formula is C27H29NO6. The summed E-state index contributed by atoms with van der Waals surface area (Å²) in [6.07, 6.45) is -5.99. The molecule has 0 radical (unpaired) electrons. The van der Waals surface area contributed by atoms with Crippen molar-refractivity contribution in [1.82, 2.24) is 5.32 Å². The highest BCUT2D eigenvalue weighted by atomic mass is 16.5. The Bertz CT molecular complexity index is 1180. The number of amides is 1. The summed E-state index contributed by atoms with van der Waals surface area (Å²) in [6, 6.07) is 20.9. The number of benzene rings is 3. The third-order valence-corrected chi connectivity index (χ3v) is 6.33. The van der Waals surface area contributed by atoms with Crippen LogP contribution in [0, 0.1) is 6.92 Å². The Hall–Kier alpha value is -3.07. The van der Waals surface area contributed by atoms with Gasteiger partial charge in [-0.3, -0.25) is 4.79 Å². The zero-order valence-electron chi connectivity index (χ0n) is 19.1. The van der Waals surface area contributed by atoms with Crippen molar-refractivity contribution in [3.05, 3.63) is 83.4 Å². The first-order valence-corrected chi connectivity index (χ1v) is 11.2. The summed E-state index contributed by atoms with van der Waals surface area (Å²) < 4.78 is 5.71. The van der Waals surface area contributed by atoms with Crippen LogP contribution in [0.15, 0.2) is 66.7 Å². The quantitative estimate of drug-likeness (QED) is 0.396. The first-order chi connectivity index (χ1) is 16.3. The lowest BCUT2D eigenvalue weighted by molar-refractivity contribution is -0.231. The topological polar surface area (TPSA) is 119 Å². The Balaban J connectivity index is 1.64. The summed E-state index contributed by atoms with van der Waals surface area (Å²) in [5.41, 5.74) is 6.05. The van der Waals surface area contributed by atoms with Gasteiger partial charge >= 0.3 is 0 Å². The molecule has 1 aliphatic rings. The fourth-order valence-corrected chi connectivity index (χ4v) is 4.41. The molecule has 178 valence electrons. The number of carbonyl (C=O) groups excluding carboxylic acids is 1. The summed E-state index contributed by atoms with van der Waals surface area (Å²) >= 11 is 0. The van der Waals surface area contributed by atoms with Gasteiger partial charge in [0, 0.05) is 12.6 Å². The van der Waals surface area contributed by atoms with E-state index in [0.29, 0.717) is 11.1 Å². The fraction of sp³-hybridized carbons (Fsp3) is 0.296. The summed E-state index contributed by atoms with van der Waals surface area (Å²) in [6.45, 7) is 1.53. The average molecular weight is 464 g/mol. The number of carbonyl (C=O) groups is 1. The van der Waals surface area contributed by atoms with E-state index in [4.69, 9.17) is 4.74 Å². The molecule has 5 N–H and O–H groups in total. The lowest BCUT2D eigenvalue weighted by Gasteiger charge is -2.40. The monoisotopic (exact) mass is 463 g/mol. The van der Waals surface area contributed by atoms with Crippen LogP contribution in [0.4, 0.5) is 0 Å². The Labute approximate surface area is 198 Å². The van der Waals surface area contributed by atoms with E-state index in [2.05, 4.69) is 11.4 Å². The minimum atomic E-state index is -1.42. The number of ether oxygens (including phenoxy) is 1. The maximum Gasteiger partial charge on any atom is 0.251 e. The molecule has 1 fully saturated rings. The molecule has 5 atom stereocenters. The van der Waals surface area contributed by atoms with Gasteiger partial charge in [-0.1, -0.05) is 48.5 Å². The summed E-state index contributed by atoms with van der Waals surface area (Å²) in [4.78, 5) is 12.0. The number of hydrogen-bond acceptors (Lipinski definition) is 6. The Kier molecular flexibility index (Phi) is 7.11. The zero-order chi connectivity index (χ0) is 24.4. The molecule has 34 heavy (non-hydrogen) atoms. The molecule has 0 aromatic heterocycles. The van der Waals surface area contributed by atoms with E-state index in [1.165, 1.54) is 0 Å². The van der Waals surface area contributed by atoms with Crippen molar-refractivity contribution >= 4 is 5.91 Å². The van der Waals surface area contributed by atoms with E-state index in [-0.39, 0.29) is 5.91 Å². The number of aryl methyl sites for hydroxylation is 1. The van der Waals surface area contributed by atoms with E-state index in [9.17, 15) is 25.2 Å². The van der Waals surface area contributed by atoms with E-state index in [0.717, 1.165) is 27.8 Å².